The first-order valence-electron chi connectivity index (χ1n) is 5.55. The van der Waals surface area contributed by atoms with Gasteiger partial charge in [0.25, 0.3) is 0 Å². The van der Waals surface area contributed by atoms with Crippen molar-refractivity contribution in [3.05, 3.63) is 71.7 Å². The average molecular weight is 224 g/mol. The van der Waals surface area contributed by atoms with E-state index in [1.807, 2.05) is 36.5 Å². The minimum Gasteiger partial charge on any atom is -0.618 e. The predicted molar refractivity (Wildman–Crippen MR) is 66.4 cm³/mol. The third-order valence-corrected chi connectivity index (χ3v) is 2.89. The van der Waals surface area contributed by atoms with Gasteiger partial charge >= 0.3 is 0 Å². The van der Waals surface area contributed by atoms with Crippen molar-refractivity contribution in [1.82, 2.24) is 4.57 Å². The molecule has 0 amide bonds. The Kier molecular flexibility index (Phi) is 2.29. The first-order valence-corrected chi connectivity index (χ1v) is 5.55. The molecule has 0 aliphatic rings. The number of pyridine rings is 1. The van der Waals surface area contributed by atoms with Crippen LogP contribution in [0.25, 0.3) is 11.0 Å². The van der Waals surface area contributed by atoms with Crippen molar-refractivity contribution in [3.63, 3.8) is 0 Å². The molecule has 0 fully saturated rings. The molecular formula is C14H12N2O. The summed E-state index contributed by atoms with van der Waals surface area (Å²) in [5, 5.41) is 11.5. The van der Waals surface area contributed by atoms with E-state index in [9.17, 15) is 5.21 Å². The fourth-order valence-electron chi connectivity index (χ4n) is 2.05. The maximum Gasteiger partial charge on any atom is 0.241 e. The molecule has 84 valence electrons. The summed E-state index contributed by atoms with van der Waals surface area (Å²) in [6.07, 6.45) is 3.47. The highest BCUT2D eigenvalue weighted by Gasteiger charge is 2.07. The molecule has 2 aromatic heterocycles. The fourth-order valence-corrected chi connectivity index (χ4v) is 2.05. The summed E-state index contributed by atoms with van der Waals surface area (Å²) in [6.45, 7) is 0.786. The SMILES string of the molecule is [O-][n+]1cccc2c1ccn2Cc1ccccc1. The van der Waals surface area contributed by atoms with Gasteiger partial charge in [-0.1, -0.05) is 30.3 Å². The molecule has 17 heavy (non-hydrogen) atoms. The fraction of sp³-hybridized carbons (Fsp3) is 0.0714. The molecule has 0 radical (unpaired) electrons. The van der Waals surface area contributed by atoms with Crippen molar-refractivity contribution < 1.29 is 4.73 Å². The number of hydrogen-bond donors (Lipinski definition) is 0. The number of benzene rings is 1. The molecule has 2 heterocycles. The largest absolute Gasteiger partial charge is 0.618 e. The Bertz CT molecular complexity index is 644. The molecule has 0 bridgehead atoms. The van der Waals surface area contributed by atoms with Crippen LogP contribution in [-0.4, -0.2) is 4.57 Å². The first kappa shape index (κ1) is 9.90. The van der Waals surface area contributed by atoms with Gasteiger partial charge in [0.2, 0.25) is 5.52 Å². The van der Waals surface area contributed by atoms with Crippen molar-refractivity contribution in [3.8, 4) is 0 Å². The highest BCUT2D eigenvalue weighted by Crippen LogP contribution is 2.13. The number of rotatable bonds is 2. The van der Waals surface area contributed by atoms with Crippen LogP contribution in [0.5, 0.6) is 0 Å². The van der Waals surface area contributed by atoms with E-state index in [1.165, 1.54) is 11.8 Å². The second kappa shape index (κ2) is 3.94. The van der Waals surface area contributed by atoms with E-state index in [0.29, 0.717) is 5.52 Å². The lowest BCUT2D eigenvalue weighted by Gasteiger charge is -2.04. The van der Waals surface area contributed by atoms with Crippen molar-refractivity contribution >= 4 is 11.0 Å². The summed E-state index contributed by atoms with van der Waals surface area (Å²) in [5.74, 6) is 0. The van der Waals surface area contributed by atoms with Gasteiger partial charge in [-0.2, -0.15) is 4.73 Å². The number of aromatic nitrogens is 2. The molecule has 0 atom stereocenters. The Balaban J connectivity index is 2.05. The standard InChI is InChI=1S/C14H12N2O/c17-16-9-4-7-13-14(16)8-10-15(13)11-12-5-2-1-3-6-12/h1-10H,11H2. The van der Waals surface area contributed by atoms with Crippen LogP contribution in [0.3, 0.4) is 0 Å². The maximum absolute atomic E-state index is 11.5. The lowest BCUT2D eigenvalue weighted by Crippen LogP contribution is -2.25. The zero-order valence-electron chi connectivity index (χ0n) is 9.28. The van der Waals surface area contributed by atoms with E-state index in [1.54, 1.807) is 6.07 Å². The normalized spacial score (nSPS) is 10.8. The minimum absolute atomic E-state index is 0.712. The topological polar surface area (TPSA) is 31.9 Å². The molecule has 3 heteroatoms. The van der Waals surface area contributed by atoms with Crippen LogP contribution in [0, 0.1) is 5.21 Å². The summed E-state index contributed by atoms with van der Waals surface area (Å²) >= 11 is 0. The summed E-state index contributed by atoms with van der Waals surface area (Å²) in [4.78, 5) is 0. The van der Waals surface area contributed by atoms with Crippen LogP contribution >= 0.6 is 0 Å². The summed E-state index contributed by atoms with van der Waals surface area (Å²) in [7, 11) is 0. The monoisotopic (exact) mass is 224 g/mol. The van der Waals surface area contributed by atoms with Crippen LogP contribution in [0.2, 0.25) is 0 Å². The molecule has 1 aromatic carbocycles. The van der Waals surface area contributed by atoms with Gasteiger partial charge in [-0.25, -0.2) is 0 Å². The third-order valence-electron chi connectivity index (χ3n) is 2.89. The van der Waals surface area contributed by atoms with Crippen molar-refractivity contribution in [1.29, 1.82) is 0 Å². The smallest absolute Gasteiger partial charge is 0.241 e. The van der Waals surface area contributed by atoms with Crippen molar-refractivity contribution in [2.75, 3.05) is 0 Å². The zero-order valence-corrected chi connectivity index (χ0v) is 9.28. The van der Waals surface area contributed by atoms with Crippen LogP contribution in [0.15, 0.2) is 60.9 Å². The Labute approximate surface area is 99.1 Å². The molecule has 3 aromatic rings. The van der Waals surface area contributed by atoms with E-state index < -0.39 is 0 Å². The quantitative estimate of drug-likeness (QED) is 0.485. The van der Waals surface area contributed by atoms with Gasteiger partial charge in [0.05, 0.1) is 0 Å². The lowest BCUT2D eigenvalue weighted by atomic mass is 10.2. The first-order chi connectivity index (χ1) is 8.34. The molecule has 0 spiro atoms. The molecule has 3 nitrogen and oxygen atoms in total. The molecule has 0 aliphatic heterocycles. The highest BCUT2D eigenvalue weighted by molar-refractivity contribution is 5.72. The lowest BCUT2D eigenvalue weighted by molar-refractivity contribution is -0.576. The zero-order chi connectivity index (χ0) is 11.7. The van der Waals surface area contributed by atoms with Gasteiger partial charge in [0.1, 0.15) is 5.52 Å². The van der Waals surface area contributed by atoms with Gasteiger partial charge in [-0.15, -0.1) is 0 Å². The highest BCUT2D eigenvalue weighted by atomic mass is 16.5. The number of nitrogens with zero attached hydrogens (tertiary/aromatic N) is 2. The van der Waals surface area contributed by atoms with Gasteiger partial charge in [-0.3, -0.25) is 0 Å². The summed E-state index contributed by atoms with van der Waals surface area (Å²) in [6, 6.07) is 15.8. The van der Waals surface area contributed by atoms with Gasteiger partial charge in [0, 0.05) is 24.9 Å². The second-order valence-electron chi connectivity index (χ2n) is 4.03. The molecule has 0 saturated carbocycles. The molecule has 0 saturated heterocycles. The molecule has 0 N–H and O–H groups in total. The average Bonchev–Trinajstić information content (AvgIpc) is 2.76. The van der Waals surface area contributed by atoms with Gasteiger partial charge in [0.15, 0.2) is 6.20 Å². The Morgan fingerprint density at radius 1 is 1.00 bits per heavy atom. The van der Waals surface area contributed by atoms with E-state index in [2.05, 4.69) is 16.7 Å². The Hall–Kier alpha value is -2.29. The van der Waals surface area contributed by atoms with Gasteiger partial charge in [-0.05, 0) is 11.6 Å². The molecule has 0 aliphatic carbocycles. The molecule has 0 unspecified atom stereocenters. The third kappa shape index (κ3) is 1.76. The Morgan fingerprint density at radius 3 is 2.65 bits per heavy atom. The van der Waals surface area contributed by atoms with Crippen LogP contribution in [0.4, 0.5) is 0 Å². The van der Waals surface area contributed by atoms with Crippen LogP contribution in [-0.2, 0) is 6.54 Å². The summed E-state index contributed by atoms with van der Waals surface area (Å²) < 4.78 is 2.98. The van der Waals surface area contributed by atoms with Crippen molar-refractivity contribution in [2.45, 2.75) is 6.54 Å². The van der Waals surface area contributed by atoms with E-state index in [4.69, 9.17) is 0 Å². The number of fused-ring (bicyclic) bond motifs is 1. The summed E-state index contributed by atoms with van der Waals surface area (Å²) in [5.41, 5.74) is 2.90. The van der Waals surface area contributed by atoms with E-state index >= 15 is 0 Å². The second-order valence-corrected chi connectivity index (χ2v) is 4.03. The van der Waals surface area contributed by atoms with E-state index in [0.717, 1.165) is 16.8 Å². The molecule has 3 rings (SSSR count). The number of hydrogen-bond acceptors (Lipinski definition) is 1. The van der Waals surface area contributed by atoms with Crippen molar-refractivity contribution in [2.24, 2.45) is 0 Å². The van der Waals surface area contributed by atoms with Crippen LogP contribution < -0.4 is 4.73 Å². The van der Waals surface area contributed by atoms with Crippen LogP contribution in [0.1, 0.15) is 5.56 Å². The van der Waals surface area contributed by atoms with E-state index in [-0.39, 0.29) is 0 Å². The minimum atomic E-state index is 0.712. The van der Waals surface area contributed by atoms with Gasteiger partial charge < -0.3 is 9.77 Å². The maximum atomic E-state index is 11.5. The predicted octanol–water partition coefficient (Wildman–Crippen LogP) is 2.32. The Morgan fingerprint density at radius 2 is 1.82 bits per heavy atom. The molecular weight excluding hydrogens is 212 g/mol.